The van der Waals surface area contributed by atoms with Crippen molar-refractivity contribution >= 4 is 17.7 Å². The van der Waals surface area contributed by atoms with Crippen LogP contribution in [0.1, 0.15) is 53.8 Å². The number of piperidine rings is 1. The van der Waals surface area contributed by atoms with Gasteiger partial charge in [-0.15, -0.1) is 0 Å². The van der Waals surface area contributed by atoms with E-state index >= 15 is 0 Å². The second kappa shape index (κ2) is 11.0. The minimum atomic E-state index is -0.863. The first-order valence-corrected chi connectivity index (χ1v) is 11.2. The smallest absolute Gasteiger partial charge is 0.254 e. The topological polar surface area (TPSA) is 78.5 Å². The lowest BCUT2D eigenvalue weighted by molar-refractivity contribution is -0.125. The van der Waals surface area contributed by atoms with E-state index < -0.39 is 23.6 Å². The van der Waals surface area contributed by atoms with Crippen LogP contribution in [-0.2, 0) is 4.79 Å². The van der Waals surface area contributed by atoms with E-state index in [1.165, 1.54) is 36.4 Å². The Balaban J connectivity index is 1.71. The molecule has 0 aromatic heterocycles. The molecule has 33 heavy (non-hydrogen) atoms. The molecule has 2 aromatic carbocycles. The SMILES string of the molecule is CC[C@@H](C)NC(=O)[C@@H](NC(=O)c1ccccc1F)C1CCN(C(=O)c2cccc(F)c2)CC1. The molecule has 8 heteroatoms. The van der Waals surface area contributed by atoms with E-state index in [9.17, 15) is 23.2 Å². The van der Waals surface area contributed by atoms with Gasteiger partial charge in [0, 0.05) is 24.7 Å². The summed E-state index contributed by atoms with van der Waals surface area (Å²) in [6.07, 6.45) is 1.66. The zero-order valence-corrected chi connectivity index (χ0v) is 18.8. The Labute approximate surface area is 192 Å². The number of likely N-dealkylation sites (tertiary alicyclic amines) is 1. The van der Waals surface area contributed by atoms with E-state index in [-0.39, 0.29) is 34.9 Å². The van der Waals surface area contributed by atoms with Crippen molar-refractivity contribution in [3.63, 3.8) is 0 Å². The summed E-state index contributed by atoms with van der Waals surface area (Å²) in [5, 5.41) is 5.61. The fourth-order valence-electron chi connectivity index (χ4n) is 3.94. The first-order valence-electron chi connectivity index (χ1n) is 11.2. The second-order valence-corrected chi connectivity index (χ2v) is 8.39. The molecule has 0 radical (unpaired) electrons. The number of halogens is 2. The summed E-state index contributed by atoms with van der Waals surface area (Å²) in [5.74, 6) is -2.63. The normalized spacial score (nSPS) is 16.1. The van der Waals surface area contributed by atoms with Crippen LogP contribution in [0.15, 0.2) is 48.5 Å². The predicted octanol–water partition coefficient (Wildman–Crippen LogP) is 3.53. The van der Waals surface area contributed by atoms with Gasteiger partial charge in [-0.2, -0.15) is 0 Å². The molecule has 1 fully saturated rings. The van der Waals surface area contributed by atoms with Crippen LogP contribution >= 0.6 is 0 Å². The van der Waals surface area contributed by atoms with Crippen molar-refractivity contribution < 1.29 is 23.2 Å². The molecule has 2 atom stereocenters. The van der Waals surface area contributed by atoms with Crippen molar-refractivity contribution in [2.24, 2.45) is 5.92 Å². The average Bonchev–Trinajstić information content (AvgIpc) is 2.82. The van der Waals surface area contributed by atoms with Crippen LogP contribution in [0.25, 0.3) is 0 Å². The highest BCUT2D eigenvalue weighted by molar-refractivity contribution is 5.98. The molecule has 0 saturated carbocycles. The summed E-state index contributed by atoms with van der Waals surface area (Å²) in [6.45, 7) is 4.54. The van der Waals surface area contributed by atoms with Crippen molar-refractivity contribution in [2.75, 3.05) is 13.1 Å². The van der Waals surface area contributed by atoms with Gasteiger partial charge in [-0.25, -0.2) is 8.78 Å². The Hall–Kier alpha value is -3.29. The Morgan fingerprint density at radius 1 is 1.03 bits per heavy atom. The maximum atomic E-state index is 14.1. The Morgan fingerprint density at radius 2 is 1.73 bits per heavy atom. The quantitative estimate of drug-likeness (QED) is 0.668. The summed E-state index contributed by atoms with van der Waals surface area (Å²) in [4.78, 5) is 40.1. The van der Waals surface area contributed by atoms with E-state index in [4.69, 9.17) is 0 Å². The zero-order chi connectivity index (χ0) is 24.0. The largest absolute Gasteiger partial charge is 0.352 e. The number of carbonyl (C=O) groups excluding carboxylic acids is 3. The number of carbonyl (C=O) groups is 3. The number of amides is 3. The third kappa shape index (κ3) is 6.15. The number of hydrogen-bond acceptors (Lipinski definition) is 3. The Bertz CT molecular complexity index is 1010. The fraction of sp³-hybridized carbons (Fsp3) is 0.400. The lowest BCUT2D eigenvalue weighted by Gasteiger charge is -2.36. The predicted molar refractivity (Wildman–Crippen MR) is 121 cm³/mol. The summed E-state index contributed by atoms with van der Waals surface area (Å²) in [6, 6.07) is 10.2. The molecule has 176 valence electrons. The van der Waals surface area contributed by atoms with Crippen LogP contribution in [0.2, 0.25) is 0 Å². The molecule has 6 nitrogen and oxygen atoms in total. The molecule has 3 rings (SSSR count). The molecule has 1 aliphatic rings. The first-order chi connectivity index (χ1) is 15.8. The highest BCUT2D eigenvalue weighted by Crippen LogP contribution is 2.23. The summed E-state index contributed by atoms with van der Waals surface area (Å²) in [5.41, 5.74) is 0.143. The van der Waals surface area contributed by atoms with Gasteiger partial charge in [0.25, 0.3) is 11.8 Å². The number of nitrogens with one attached hydrogen (secondary N) is 2. The minimum absolute atomic E-state index is 0.0833. The van der Waals surface area contributed by atoms with Crippen LogP contribution < -0.4 is 10.6 Å². The third-order valence-corrected chi connectivity index (χ3v) is 6.06. The lowest BCUT2D eigenvalue weighted by Crippen LogP contribution is -2.55. The molecule has 1 aliphatic heterocycles. The molecule has 2 N–H and O–H groups in total. The maximum absolute atomic E-state index is 14.1. The van der Waals surface area contributed by atoms with E-state index in [2.05, 4.69) is 10.6 Å². The van der Waals surface area contributed by atoms with E-state index in [0.717, 1.165) is 6.42 Å². The number of rotatable bonds is 7. The Morgan fingerprint density at radius 3 is 2.36 bits per heavy atom. The van der Waals surface area contributed by atoms with Gasteiger partial charge in [0.15, 0.2) is 0 Å². The van der Waals surface area contributed by atoms with Crippen LogP contribution in [0.4, 0.5) is 8.78 Å². The highest BCUT2D eigenvalue weighted by atomic mass is 19.1. The van der Waals surface area contributed by atoms with Crippen LogP contribution in [0.5, 0.6) is 0 Å². The zero-order valence-electron chi connectivity index (χ0n) is 18.8. The third-order valence-electron chi connectivity index (χ3n) is 6.06. The van der Waals surface area contributed by atoms with Crippen molar-refractivity contribution in [1.82, 2.24) is 15.5 Å². The highest BCUT2D eigenvalue weighted by Gasteiger charge is 2.35. The van der Waals surface area contributed by atoms with Gasteiger partial charge in [0.2, 0.25) is 5.91 Å². The van der Waals surface area contributed by atoms with E-state index in [1.54, 1.807) is 17.0 Å². The van der Waals surface area contributed by atoms with Gasteiger partial charge >= 0.3 is 0 Å². The molecular formula is C25H29F2N3O3. The molecule has 1 heterocycles. The summed E-state index contributed by atoms with van der Waals surface area (Å²) in [7, 11) is 0. The lowest BCUT2D eigenvalue weighted by atomic mass is 9.88. The molecule has 3 amide bonds. The van der Waals surface area contributed by atoms with Gasteiger partial charge < -0.3 is 15.5 Å². The molecule has 1 saturated heterocycles. The van der Waals surface area contributed by atoms with Gasteiger partial charge in [-0.3, -0.25) is 14.4 Å². The van der Waals surface area contributed by atoms with Crippen LogP contribution in [0, 0.1) is 17.6 Å². The van der Waals surface area contributed by atoms with E-state index in [1.807, 2.05) is 13.8 Å². The molecule has 0 aliphatic carbocycles. The first kappa shape index (κ1) is 24.4. The maximum Gasteiger partial charge on any atom is 0.254 e. The van der Waals surface area contributed by atoms with Gasteiger partial charge in [-0.1, -0.05) is 25.1 Å². The molecule has 0 bridgehead atoms. The van der Waals surface area contributed by atoms with Gasteiger partial charge in [0.1, 0.15) is 17.7 Å². The average molecular weight is 458 g/mol. The summed E-state index contributed by atoms with van der Waals surface area (Å²) >= 11 is 0. The second-order valence-electron chi connectivity index (χ2n) is 8.39. The number of nitrogens with zero attached hydrogens (tertiary/aromatic N) is 1. The Kier molecular flexibility index (Phi) is 8.14. The van der Waals surface area contributed by atoms with Crippen molar-refractivity contribution in [3.05, 3.63) is 71.3 Å². The minimum Gasteiger partial charge on any atom is -0.352 e. The number of hydrogen-bond donors (Lipinski definition) is 2. The fourth-order valence-corrected chi connectivity index (χ4v) is 3.94. The van der Waals surface area contributed by atoms with Crippen molar-refractivity contribution in [2.45, 2.75) is 45.2 Å². The van der Waals surface area contributed by atoms with Crippen molar-refractivity contribution in [3.8, 4) is 0 Å². The molecule has 2 aromatic rings. The van der Waals surface area contributed by atoms with E-state index in [0.29, 0.717) is 25.9 Å². The number of benzene rings is 2. The van der Waals surface area contributed by atoms with Gasteiger partial charge in [-0.05, 0) is 62.4 Å². The molecule has 0 spiro atoms. The standard InChI is InChI=1S/C25H29F2N3O3/c1-3-16(2)28-24(32)22(29-23(31)20-9-4-5-10-21(20)27)17-11-13-30(14-12-17)25(33)18-7-6-8-19(26)15-18/h4-10,15-17,22H,3,11-14H2,1-2H3,(H,28,32)(H,29,31)/t16-,22+/m1/s1. The van der Waals surface area contributed by atoms with Crippen LogP contribution in [0.3, 0.4) is 0 Å². The monoisotopic (exact) mass is 457 g/mol. The van der Waals surface area contributed by atoms with Crippen molar-refractivity contribution in [1.29, 1.82) is 0 Å². The molecular weight excluding hydrogens is 428 g/mol. The van der Waals surface area contributed by atoms with Gasteiger partial charge in [0.05, 0.1) is 5.56 Å². The molecule has 0 unspecified atom stereocenters. The van der Waals surface area contributed by atoms with Crippen LogP contribution in [-0.4, -0.2) is 47.8 Å². The summed E-state index contributed by atoms with van der Waals surface area (Å²) < 4.78 is 27.6.